The van der Waals surface area contributed by atoms with Crippen molar-refractivity contribution < 1.29 is 19.1 Å². The van der Waals surface area contributed by atoms with E-state index in [2.05, 4.69) is 17.6 Å². The Labute approximate surface area is 164 Å². The highest BCUT2D eigenvalue weighted by Gasteiger charge is 2.48. The van der Waals surface area contributed by atoms with Gasteiger partial charge in [0.15, 0.2) is 0 Å². The van der Waals surface area contributed by atoms with E-state index in [4.69, 9.17) is 4.74 Å². The highest BCUT2D eigenvalue weighted by Crippen LogP contribution is 2.40. The van der Waals surface area contributed by atoms with Gasteiger partial charge >= 0.3 is 5.97 Å². The first-order valence-electron chi connectivity index (χ1n) is 9.50. The third-order valence-corrected chi connectivity index (χ3v) is 4.77. The van der Waals surface area contributed by atoms with Crippen molar-refractivity contribution in [3.63, 3.8) is 0 Å². The van der Waals surface area contributed by atoms with E-state index in [1.807, 2.05) is 24.3 Å². The maximum absolute atomic E-state index is 12.5. The van der Waals surface area contributed by atoms with Crippen LogP contribution < -0.4 is 10.6 Å². The standard InChI is InChI=1S/C22H24N2O4/c1-3-14-9-11-15(12-10-14)23-20(25)17-13-18(17)21(26)24-19-8-6-5-7-16(19)22(27)28-4-2/h5-12,17-18H,3-4,13H2,1-2H3,(H,23,25)(H,24,26). The van der Waals surface area contributed by atoms with E-state index in [0.29, 0.717) is 17.7 Å². The van der Waals surface area contributed by atoms with Crippen LogP contribution in [-0.2, 0) is 20.7 Å². The molecule has 28 heavy (non-hydrogen) atoms. The Hall–Kier alpha value is -3.15. The van der Waals surface area contributed by atoms with Gasteiger partial charge in [-0.15, -0.1) is 0 Å². The van der Waals surface area contributed by atoms with E-state index in [0.717, 1.165) is 12.1 Å². The number of nitrogens with one attached hydrogen (secondary N) is 2. The second kappa shape index (κ2) is 8.69. The smallest absolute Gasteiger partial charge is 0.340 e. The second-order valence-corrected chi connectivity index (χ2v) is 6.74. The normalized spacial score (nSPS) is 17.5. The molecule has 2 atom stereocenters. The molecule has 1 aliphatic carbocycles. The van der Waals surface area contributed by atoms with Crippen LogP contribution in [0.5, 0.6) is 0 Å². The van der Waals surface area contributed by atoms with Gasteiger partial charge in [0.1, 0.15) is 0 Å². The summed E-state index contributed by atoms with van der Waals surface area (Å²) in [4.78, 5) is 36.9. The topological polar surface area (TPSA) is 84.5 Å². The van der Waals surface area contributed by atoms with E-state index in [1.165, 1.54) is 5.56 Å². The van der Waals surface area contributed by atoms with Crippen LogP contribution in [-0.4, -0.2) is 24.4 Å². The fourth-order valence-electron chi connectivity index (χ4n) is 3.04. The summed E-state index contributed by atoms with van der Waals surface area (Å²) in [6.45, 7) is 4.05. The van der Waals surface area contributed by atoms with Gasteiger partial charge in [0, 0.05) is 5.69 Å². The quantitative estimate of drug-likeness (QED) is 0.718. The van der Waals surface area contributed by atoms with E-state index in [1.54, 1.807) is 31.2 Å². The predicted octanol–water partition coefficient (Wildman–Crippen LogP) is 3.64. The molecule has 0 aliphatic heterocycles. The van der Waals surface area contributed by atoms with E-state index < -0.39 is 11.9 Å². The molecule has 0 spiro atoms. The van der Waals surface area contributed by atoms with Gasteiger partial charge in [-0.25, -0.2) is 4.79 Å². The molecule has 2 N–H and O–H groups in total. The molecule has 0 bridgehead atoms. The molecular weight excluding hydrogens is 356 g/mol. The van der Waals surface area contributed by atoms with Gasteiger partial charge in [-0.1, -0.05) is 31.2 Å². The summed E-state index contributed by atoms with van der Waals surface area (Å²) in [7, 11) is 0. The number of hydrogen-bond acceptors (Lipinski definition) is 4. The lowest BCUT2D eigenvalue weighted by Crippen LogP contribution is -2.21. The highest BCUT2D eigenvalue weighted by molar-refractivity contribution is 6.06. The summed E-state index contributed by atoms with van der Waals surface area (Å²) in [6, 6.07) is 14.4. The Morgan fingerprint density at radius 3 is 2.21 bits per heavy atom. The number of esters is 1. The number of benzene rings is 2. The lowest BCUT2D eigenvalue weighted by atomic mass is 10.1. The summed E-state index contributed by atoms with van der Waals surface area (Å²) in [5.41, 5.74) is 2.62. The molecule has 3 rings (SSSR count). The molecule has 146 valence electrons. The van der Waals surface area contributed by atoms with Crippen molar-refractivity contribution in [1.82, 2.24) is 0 Å². The first-order valence-corrected chi connectivity index (χ1v) is 9.50. The van der Waals surface area contributed by atoms with Crippen LogP contribution in [0.15, 0.2) is 48.5 Å². The van der Waals surface area contributed by atoms with Gasteiger partial charge in [-0.2, -0.15) is 0 Å². The monoisotopic (exact) mass is 380 g/mol. The van der Waals surface area contributed by atoms with Gasteiger partial charge < -0.3 is 15.4 Å². The molecule has 1 fully saturated rings. The number of ether oxygens (including phenoxy) is 1. The number of aryl methyl sites for hydroxylation is 1. The first kappa shape index (κ1) is 19.6. The molecule has 6 heteroatoms. The van der Waals surface area contributed by atoms with Crippen molar-refractivity contribution >= 4 is 29.2 Å². The van der Waals surface area contributed by atoms with Gasteiger partial charge in [0.2, 0.25) is 11.8 Å². The molecule has 2 aromatic rings. The zero-order chi connectivity index (χ0) is 20.1. The minimum absolute atomic E-state index is 0.164. The molecule has 2 unspecified atom stereocenters. The lowest BCUT2D eigenvalue weighted by Gasteiger charge is -2.10. The molecule has 2 amide bonds. The molecule has 0 aromatic heterocycles. The fraction of sp³-hybridized carbons (Fsp3) is 0.318. The first-order chi connectivity index (χ1) is 13.5. The highest BCUT2D eigenvalue weighted by atomic mass is 16.5. The van der Waals surface area contributed by atoms with Crippen LogP contribution in [0.1, 0.15) is 36.2 Å². The zero-order valence-electron chi connectivity index (χ0n) is 16.0. The van der Waals surface area contributed by atoms with E-state index in [9.17, 15) is 14.4 Å². The largest absolute Gasteiger partial charge is 0.462 e. The Morgan fingerprint density at radius 2 is 1.57 bits per heavy atom. The van der Waals surface area contributed by atoms with Gasteiger partial charge in [-0.05, 0) is 49.6 Å². The maximum atomic E-state index is 12.5. The van der Waals surface area contributed by atoms with Gasteiger partial charge in [0.25, 0.3) is 0 Å². The molecular formula is C22H24N2O4. The Morgan fingerprint density at radius 1 is 0.929 bits per heavy atom. The third kappa shape index (κ3) is 4.57. The molecule has 1 aliphatic rings. The van der Waals surface area contributed by atoms with Crippen LogP contribution in [0.2, 0.25) is 0 Å². The SMILES string of the molecule is CCOC(=O)c1ccccc1NC(=O)C1CC1C(=O)Nc1ccc(CC)cc1. The molecule has 0 saturated heterocycles. The van der Waals surface area contributed by atoms with Crippen molar-refractivity contribution in [2.45, 2.75) is 26.7 Å². The number of hydrogen-bond donors (Lipinski definition) is 2. The van der Waals surface area contributed by atoms with Crippen LogP contribution in [0.4, 0.5) is 11.4 Å². The van der Waals surface area contributed by atoms with Crippen molar-refractivity contribution in [2.24, 2.45) is 11.8 Å². The Balaban J connectivity index is 1.58. The predicted molar refractivity (Wildman–Crippen MR) is 107 cm³/mol. The average molecular weight is 380 g/mol. The average Bonchev–Trinajstić information content (AvgIpc) is 3.50. The Bertz CT molecular complexity index is 876. The van der Waals surface area contributed by atoms with Gasteiger partial charge in [0.05, 0.1) is 29.7 Å². The summed E-state index contributed by atoms with van der Waals surface area (Å²) in [5.74, 6) is -1.67. The number of carbonyl (C=O) groups excluding carboxylic acids is 3. The number of rotatable bonds is 7. The van der Waals surface area contributed by atoms with Crippen LogP contribution in [0.25, 0.3) is 0 Å². The number of para-hydroxylation sites is 1. The molecule has 6 nitrogen and oxygen atoms in total. The maximum Gasteiger partial charge on any atom is 0.340 e. The lowest BCUT2D eigenvalue weighted by molar-refractivity contribution is -0.122. The fourth-order valence-corrected chi connectivity index (χ4v) is 3.04. The van der Waals surface area contributed by atoms with Crippen molar-refractivity contribution in [3.05, 3.63) is 59.7 Å². The molecule has 0 heterocycles. The molecule has 0 radical (unpaired) electrons. The van der Waals surface area contributed by atoms with Gasteiger partial charge in [-0.3, -0.25) is 9.59 Å². The Kier molecular flexibility index (Phi) is 6.09. The number of anilines is 2. The zero-order valence-corrected chi connectivity index (χ0v) is 16.0. The molecule has 2 aromatic carbocycles. The second-order valence-electron chi connectivity index (χ2n) is 6.74. The van der Waals surface area contributed by atoms with Crippen molar-refractivity contribution in [3.8, 4) is 0 Å². The third-order valence-electron chi connectivity index (χ3n) is 4.77. The molecule has 1 saturated carbocycles. The minimum atomic E-state index is -0.487. The van der Waals surface area contributed by atoms with E-state index in [-0.39, 0.29) is 24.3 Å². The van der Waals surface area contributed by atoms with Crippen LogP contribution in [0, 0.1) is 11.8 Å². The number of amides is 2. The van der Waals surface area contributed by atoms with Crippen LogP contribution in [0.3, 0.4) is 0 Å². The van der Waals surface area contributed by atoms with Crippen molar-refractivity contribution in [1.29, 1.82) is 0 Å². The summed E-state index contributed by atoms with van der Waals surface area (Å²) < 4.78 is 5.01. The number of carbonyl (C=O) groups is 3. The summed E-state index contributed by atoms with van der Waals surface area (Å²) in [6.07, 6.45) is 1.43. The van der Waals surface area contributed by atoms with Crippen LogP contribution >= 0.6 is 0 Å². The summed E-state index contributed by atoms with van der Waals surface area (Å²) >= 11 is 0. The minimum Gasteiger partial charge on any atom is -0.462 e. The van der Waals surface area contributed by atoms with E-state index >= 15 is 0 Å². The van der Waals surface area contributed by atoms with Crippen molar-refractivity contribution in [2.75, 3.05) is 17.2 Å². The summed E-state index contributed by atoms with van der Waals surface area (Å²) in [5, 5.41) is 5.61.